The maximum absolute atomic E-state index is 13.4. The van der Waals surface area contributed by atoms with Crippen molar-refractivity contribution in [3.63, 3.8) is 0 Å². The fraction of sp³-hybridized carbons (Fsp3) is 0.259. The molecule has 35 heavy (non-hydrogen) atoms. The summed E-state index contributed by atoms with van der Waals surface area (Å²) in [6, 6.07) is 15.5. The molecular weight excluding hydrogens is 446 g/mol. The number of carbonyl (C=O) groups is 1. The molecule has 0 spiro atoms. The molecular formula is C27H25N3O5. The van der Waals surface area contributed by atoms with Crippen LogP contribution in [0.25, 0.3) is 5.76 Å². The number of aryl methyl sites for hydroxylation is 1. The Labute approximate surface area is 202 Å². The van der Waals surface area contributed by atoms with Gasteiger partial charge in [0.15, 0.2) is 0 Å². The van der Waals surface area contributed by atoms with Gasteiger partial charge < -0.3 is 15.2 Å². The molecule has 1 aliphatic heterocycles. The van der Waals surface area contributed by atoms with Gasteiger partial charge in [-0.05, 0) is 43.7 Å². The molecule has 0 saturated heterocycles. The summed E-state index contributed by atoms with van der Waals surface area (Å²) < 4.78 is 11.8. The van der Waals surface area contributed by atoms with Gasteiger partial charge in [0.05, 0.1) is 28.6 Å². The third kappa shape index (κ3) is 4.01. The van der Waals surface area contributed by atoms with Gasteiger partial charge in [0.1, 0.15) is 5.76 Å². The van der Waals surface area contributed by atoms with Crippen LogP contribution in [0.5, 0.6) is 5.88 Å². The van der Waals surface area contributed by atoms with E-state index in [0.29, 0.717) is 39.6 Å². The molecule has 8 nitrogen and oxygen atoms in total. The molecule has 0 saturated carbocycles. The van der Waals surface area contributed by atoms with Crippen LogP contribution in [0.15, 0.2) is 60.2 Å². The molecule has 8 heteroatoms. The van der Waals surface area contributed by atoms with E-state index in [9.17, 15) is 14.9 Å². The number of nitrogens with zero attached hydrogens (tertiary/aromatic N) is 2. The topological polar surface area (TPSA) is 118 Å². The molecule has 178 valence electrons. The normalized spacial score (nSPS) is 16.7. The summed E-state index contributed by atoms with van der Waals surface area (Å²) in [5, 5.41) is 11.3. The van der Waals surface area contributed by atoms with Gasteiger partial charge in [-0.2, -0.15) is 0 Å². The number of carbonyl (C=O) groups excluding carboxylic acids is 1. The van der Waals surface area contributed by atoms with E-state index in [1.54, 1.807) is 19.1 Å². The number of non-ortho nitro benzene ring substituents is 1. The third-order valence-corrected chi connectivity index (χ3v) is 6.51. The predicted molar refractivity (Wildman–Crippen MR) is 131 cm³/mol. The summed E-state index contributed by atoms with van der Waals surface area (Å²) in [6.45, 7) is 1.92. The molecule has 0 bridgehead atoms. The largest absolute Gasteiger partial charge is 0.463 e. The Morgan fingerprint density at radius 1 is 1.14 bits per heavy atom. The first-order chi connectivity index (χ1) is 17.0. The van der Waals surface area contributed by atoms with Crippen LogP contribution in [0.4, 0.5) is 11.4 Å². The molecule has 1 atom stereocenters. The summed E-state index contributed by atoms with van der Waals surface area (Å²) >= 11 is 0. The first kappa shape index (κ1) is 22.6. The van der Waals surface area contributed by atoms with Crippen molar-refractivity contribution in [3.8, 4) is 5.88 Å². The van der Waals surface area contributed by atoms with Crippen molar-refractivity contribution < 1.29 is 19.2 Å². The Morgan fingerprint density at radius 3 is 2.54 bits per heavy atom. The highest BCUT2D eigenvalue weighted by atomic mass is 16.6. The van der Waals surface area contributed by atoms with Gasteiger partial charge in [-0.15, -0.1) is 0 Å². The number of nitro groups is 1. The number of benzene rings is 2. The van der Waals surface area contributed by atoms with Crippen molar-refractivity contribution in [2.75, 3.05) is 12.3 Å². The molecule has 2 heterocycles. The molecule has 2 aromatic carbocycles. The fourth-order valence-corrected chi connectivity index (χ4v) is 4.89. The number of rotatable bonds is 5. The molecule has 0 radical (unpaired) electrons. The van der Waals surface area contributed by atoms with Crippen molar-refractivity contribution in [3.05, 3.63) is 98.2 Å². The number of ether oxygens (including phenoxy) is 2. The maximum Gasteiger partial charge on any atom is 0.338 e. The zero-order valence-electron chi connectivity index (χ0n) is 19.3. The quantitative estimate of drug-likeness (QED) is 0.318. The van der Waals surface area contributed by atoms with Gasteiger partial charge in [-0.1, -0.05) is 42.5 Å². The van der Waals surface area contributed by atoms with Gasteiger partial charge in [0.2, 0.25) is 5.88 Å². The Morgan fingerprint density at radius 2 is 1.86 bits per heavy atom. The lowest BCUT2D eigenvalue weighted by molar-refractivity contribution is -0.384. The van der Waals surface area contributed by atoms with Crippen LogP contribution >= 0.6 is 0 Å². The summed E-state index contributed by atoms with van der Waals surface area (Å²) in [4.78, 5) is 29.1. The van der Waals surface area contributed by atoms with Crippen molar-refractivity contribution in [2.24, 2.45) is 0 Å². The van der Waals surface area contributed by atoms with Gasteiger partial charge in [-0.25, -0.2) is 9.78 Å². The first-order valence-electron chi connectivity index (χ1n) is 11.7. The highest BCUT2D eigenvalue weighted by molar-refractivity contribution is 6.00. The standard InChI is InChI=1S/C27H25N3O5/c1-2-34-27(31)23-21(16-12-14-18(15-13-16)30(32)33)22-24(28)19-10-6-7-11-20(19)29-26(22)35-25(23)17-8-4-3-5-9-17/h3-5,8-9,12-15,21H,2,6-7,10-11H2,1H3,(H2,28,29). The van der Waals surface area contributed by atoms with E-state index >= 15 is 0 Å². The smallest absolute Gasteiger partial charge is 0.338 e. The zero-order valence-corrected chi connectivity index (χ0v) is 19.3. The number of nitro benzene ring substituents is 1. The summed E-state index contributed by atoms with van der Waals surface area (Å²) in [6.07, 6.45) is 3.65. The van der Waals surface area contributed by atoms with E-state index in [1.165, 1.54) is 12.1 Å². The molecule has 2 aliphatic rings. The molecule has 0 fully saturated rings. The van der Waals surface area contributed by atoms with Crippen LogP contribution in [0.2, 0.25) is 0 Å². The summed E-state index contributed by atoms with van der Waals surface area (Å²) in [5.74, 6) is -0.480. The average Bonchev–Trinajstić information content (AvgIpc) is 2.88. The fourth-order valence-electron chi connectivity index (χ4n) is 4.89. The van der Waals surface area contributed by atoms with Crippen LogP contribution in [0.3, 0.4) is 0 Å². The number of hydrogen-bond donors (Lipinski definition) is 1. The van der Waals surface area contributed by atoms with Gasteiger partial charge >= 0.3 is 5.97 Å². The third-order valence-electron chi connectivity index (χ3n) is 6.51. The highest BCUT2D eigenvalue weighted by Gasteiger charge is 2.40. The van der Waals surface area contributed by atoms with E-state index in [-0.39, 0.29) is 12.3 Å². The maximum atomic E-state index is 13.4. The number of nitrogen functional groups attached to an aromatic ring is 1. The number of nitrogens with two attached hydrogens (primary N) is 1. The SMILES string of the molecule is CCOC(=O)C1=C(c2ccccc2)Oc2nc3c(c(N)c2C1c1ccc([N+](=O)[O-])cc1)CCCC3. The van der Waals surface area contributed by atoms with Crippen LogP contribution < -0.4 is 10.5 Å². The lowest BCUT2D eigenvalue weighted by atomic mass is 9.79. The van der Waals surface area contributed by atoms with Gasteiger partial charge in [-0.3, -0.25) is 10.1 Å². The van der Waals surface area contributed by atoms with Crippen LogP contribution in [0.1, 0.15) is 53.6 Å². The average molecular weight is 472 g/mol. The van der Waals surface area contributed by atoms with E-state index in [4.69, 9.17) is 20.2 Å². The van der Waals surface area contributed by atoms with E-state index < -0.39 is 16.8 Å². The minimum absolute atomic E-state index is 0.0393. The number of hydrogen-bond acceptors (Lipinski definition) is 7. The number of esters is 1. The molecule has 2 N–H and O–H groups in total. The van der Waals surface area contributed by atoms with Crippen molar-refractivity contribution in [1.29, 1.82) is 0 Å². The molecule has 3 aromatic rings. The Kier molecular flexibility index (Phi) is 5.94. The van der Waals surface area contributed by atoms with E-state index in [1.807, 2.05) is 30.3 Å². The zero-order chi connectivity index (χ0) is 24.5. The van der Waals surface area contributed by atoms with Crippen molar-refractivity contribution >= 4 is 23.1 Å². The molecule has 1 aliphatic carbocycles. The Bertz CT molecular complexity index is 1330. The second kappa shape index (κ2) is 9.21. The van der Waals surface area contributed by atoms with Crippen LogP contribution in [0, 0.1) is 10.1 Å². The number of aromatic nitrogens is 1. The van der Waals surface area contributed by atoms with E-state index in [0.717, 1.165) is 36.9 Å². The van der Waals surface area contributed by atoms with Crippen molar-refractivity contribution in [1.82, 2.24) is 4.98 Å². The second-order valence-electron chi connectivity index (χ2n) is 8.59. The molecule has 1 unspecified atom stereocenters. The monoisotopic (exact) mass is 471 g/mol. The number of fused-ring (bicyclic) bond motifs is 2. The lowest BCUT2D eigenvalue weighted by Gasteiger charge is -2.32. The Hall–Kier alpha value is -4.20. The van der Waals surface area contributed by atoms with Crippen LogP contribution in [-0.4, -0.2) is 22.5 Å². The Balaban J connectivity index is 1.80. The summed E-state index contributed by atoms with van der Waals surface area (Å²) in [5.41, 5.74) is 11.4. The minimum Gasteiger partial charge on any atom is -0.463 e. The first-order valence-corrected chi connectivity index (χ1v) is 11.7. The lowest BCUT2D eigenvalue weighted by Crippen LogP contribution is -2.26. The molecule has 1 aromatic heterocycles. The second-order valence-corrected chi connectivity index (χ2v) is 8.59. The predicted octanol–water partition coefficient (Wildman–Crippen LogP) is 4.95. The van der Waals surface area contributed by atoms with Crippen LogP contribution in [-0.2, 0) is 22.4 Å². The molecule has 5 rings (SSSR count). The summed E-state index contributed by atoms with van der Waals surface area (Å²) in [7, 11) is 0. The van der Waals surface area contributed by atoms with E-state index in [2.05, 4.69) is 0 Å². The number of anilines is 1. The van der Waals surface area contributed by atoms with Crippen molar-refractivity contribution in [2.45, 2.75) is 38.5 Å². The molecule has 0 amide bonds. The highest BCUT2D eigenvalue weighted by Crippen LogP contribution is 2.49. The van der Waals surface area contributed by atoms with Gasteiger partial charge in [0, 0.05) is 29.1 Å². The number of pyridine rings is 1. The van der Waals surface area contributed by atoms with Gasteiger partial charge in [0.25, 0.3) is 5.69 Å². The minimum atomic E-state index is -0.659.